The largest absolute Gasteiger partial charge is 0.422 e. The van der Waals surface area contributed by atoms with Gasteiger partial charge in [-0.2, -0.15) is 0 Å². The molecule has 0 aromatic rings. The van der Waals surface area contributed by atoms with Gasteiger partial charge < -0.3 is 24.6 Å². The van der Waals surface area contributed by atoms with E-state index < -0.39 is 23.8 Å². The van der Waals surface area contributed by atoms with Crippen LogP contribution in [-0.2, 0) is 14.3 Å². The van der Waals surface area contributed by atoms with Crippen molar-refractivity contribution in [1.82, 2.24) is 0 Å². The molecule has 21 heavy (non-hydrogen) atoms. The van der Waals surface area contributed by atoms with Crippen LogP contribution in [0.2, 0.25) is 0 Å². The van der Waals surface area contributed by atoms with Gasteiger partial charge in [-0.05, 0) is 12.8 Å². The van der Waals surface area contributed by atoms with Crippen LogP contribution in [0.15, 0.2) is 11.8 Å². The van der Waals surface area contributed by atoms with Gasteiger partial charge in [-0.25, -0.2) is 4.79 Å². The molecule has 0 aromatic carbocycles. The SMILES string of the molecule is CO[C@H](C)[C@@](O)(C(=O)OC1=CC[NH+]2CC[C@H](O)[C@@H]12)C(C)C. The van der Waals surface area contributed by atoms with Gasteiger partial charge in [0, 0.05) is 19.6 Å². The van der Waals surface area contributed by atoms with E-state index in [2.05, 4.69) is 0 Å². The second kappa shape index (κ2) is 6.04. The number of carbonyl (C=O) groups excluding carboxylic acids is 1. The molecule has 2 heterocycles. The lowest BCUT2D eigenvalue weighted by Crippen LogP contribution is -3.12. The van der Waals surface area contributed by atoms with E-state index in [1.54, 1.807) is 20.8 Å². The van der Waals surface area contributed by atoms with Crippen LogP contribution in [-0.4, -0.2) is 60.2 Å². The van der Waals surface area contributed by atoms with Crippen molar-refractivity contribution in [2.45, 2.75) is 51.0 Å². The normalized spacial score (nSPS) is 32.5. The predicted molar refractivity (Wildman–Crippen MR) is 75.5 cm³/mol. The van der Waals surface area contributed by atoms with Crippen LogP contribution in [0.3, 0.4) is 0 Å². The molecule has 2 aliphatic rings. The summed E-state index contributed by atoms with van der Waals surface area (Å²) in [6.07, 6.45) is 1.37. The van der Waals surface area contributed by atoms with Crippen molar-refractivity contribution in [3.05, 3.63) is 11.8 Å². The van der Waals surface area contributed by atoms with Gasteiger partial charge in [0.05, 0.1) is 12.6 Å². The van der Waals surface area contributed by atoms with Gasteiger partial charge in [0.25, 0.3) is 0 Å². The minimum absolute atomic E-state index is 0.191. The topological polar surface area (TPSA) is 80.4 Å². The van der Waals surface area contributed by atoms with Crippen molar-refractivity contribution in [2.75, 3.05) is 20.2 Å². The monoisotopic (exact) mass is 300 g/mol. The Kier molecular flexibility index (Phi) is 4.72. The maximum absolute atomic E-state index is 12.5. The molecular weight excluding hydrogens is 274 g/mol. The molecule has 1 unspecified atom stereocenters. The zero-order chi connectivity index (χ0) is 15.8. The Morgan fingerprint density at radius 3 is 2.71 bits per heavy atom. The first-order chi connectivity index (χ1) is 9.82. The molecule has 0 bridgehead atoms. The van der Waals surface area contributed by atoms with Crippen LogP contribution >= 0.6 is 0 Å². The zero-order valence-electron chi connectivity index (χ0n) is 13.1. The number of nitrogens with one attached hydrogen (secondary N) is 1. The van der Waals surface area contributed by atoms with Gasteiger partial charge in [0.2, 0.25) is 0 Å². The van der Waals surface area contributed by atoms with Crippen molar-refractivity contribution in [2.24, 2.45) is 5.92 Å². The lowest BCUT2D eigenvalue weighted by molar-refractivity contribution is -0.898. The lowest BCUT2D eigenvalue weighted by atomic mass is 9.85. The quantitative estimate of drug-likeness (QED) is 0.560. The van der Waals surface area contributed by atoms with Crippen LogP contribution in [0, 0.1) is 5.92 Å². The van der Waals surface area contributed by atoms with Crippen molar-refractivity contribution in [3.8, 4) is 0 Å². The molecule has 6 heteroatoms. The molecule has 0 saturated carbocycles. The minimum atomic E-state index is -1.71. The third-order valence-corrected chi connectivity index (χ3v) is 4.85. The van der Waals surface area contributed by atoms with Crippen LogP contribution in [0.4, 0.5) is 0 Å². The fraction of sp³-hybridized carbons (Fsp3) is 0.800. The molecule has 120 valence electrons. The van der Waals surface area contributed by atoms with Gasteiger partial charge in [0.1, 0.15) is 12.6 Å². The molecule has 0 amide bonds. The number of carbonyl (C=O) groups is 1. The first-order valence-corrected chi connectivity index (χ1v) is 7.52. The summed E-state index contributed by atoms with van der Waals surface area (Å²) >= 11 is 0. The maximum atomic E-state index is 12.5. The van der Waals surface area contributed by atoms with E-state index in [4.69, 9.17) is 9.47 Å². The molecule has 6 nitrogen and oxygen atoms in total. The van der Waals surface area contributed by atoms with Crippen molar-refractivity contribution in [3.63, 3.8) is 0 Å². The summed E-state index contributed by atoms with van der Waals surface area (Å²) < 4.78 is 10.6. The van der Waals surface area contributed by atoms with E-state index in [0.29, 0.717) is 12.2 Å². The second-order valence-electron chi connectivity index (χ2n) is 6.30. The number of esters is 1. The Balaban J connectivity index is 2.13. The number of hydrogen-bond acceptors (Lipinski definition) is 5. The van der Waals surface area contributed by atoms with Crippen LogP contribution in [0.5, 0.6) is 0 Å². The first kappa shape index (κ1) is 16.4. The average Bonchev–Trinajstić information content (AvgIpc) is 3.01. The minimum Gasteiger partial charge on any atom is -0.422 e. The van der Waals surface area contributed by atoms with Crippen molar-refractivity contribution in [1.29, 1.82) is 0 Å². The highest BCUT2D eigenvalue weighted by molar-refractivity contribution is 5.81. The number of aliphatic hydroxyl groups excluding tert-OH is 1. The Bertz CT molecular complexity index is 436. The van der Waals surface area contributed by atoms with E-state index in [-0.39, 0.29) is 12.0 Å². The molecule has 1 saturated heterocycles. The van der Waals surface area contributed by atoms with Gasteiger partial charge in [0.15, 0.2) is 17.4 Å². The molecular formula is C15H26NO5+. The molecule has 0 radical (unpaired) electrons. The predicted octanol–water partition coefficient (Wildman–Crippen LogP) is -1.13. The van der Waals surface area contributed by atoms with Crippen LogP contribution in [0.25, 0.3) is 0 Å². The van der Waals surface area contributed by atoms with Gasteiger partial charge in [-0.1, -0.05) is 13.8 Å². The van der Waals surface area contributed by atoms with Crippen LogP contribution in [0.1, 0.15) is 27.2 Å². The summed E-state index contributed by atoms with van der Waals surface area (Å²) in [6.45, 7) is 6.76. The average molecular weight is 300 g/mol. The third-order valence-electron chi connectivity index (χ3n) is 4.85. The van der Waals surface area contributed by atoms with E-state index in [1.165, 1.54) is 12.0 Å². The Hall–Kier alpha value is -0.950. The highest BCUT2D eigenvalue weighted by Gasteiger charge is 2.50. The van der Waals surface area contributed by atoms with Crippen molar-refractivity contribution >= 4 is 5.97 Å². The van der Waals surface area contributed by atoms with Crippen molar-refractivity contribution < 1.29 is 29.4 Å². The van der Waals surface area contributed by atoms with E-state index in [0.717, 1.165) is 13.1 Å². The third kappa shape index (κ3) is 2.73. The number of aliphatic hydroxyl groups is 2. The Morgan fingerprint density at radius 2 is 2.14 bits per heavy atom. The maximum Gasteiger partial charge on any atom is 0.346 e. The molecule has 0 aliphatic carbocycles. The Morgan fingerprint density at radius 1 is 1.48 bits per heavy atom. The van der Waals surface area contributed by atoms with Gasteiger partial charge in [-0.15, -0.1) is 0 Å². The van der Waals surface area contributed by atoms with Gasteiger partial charge in [-0.3, -0.25) is 0 Å². The number of fused-ring (bicyclic) bond motifs is 1. The summed E-state index contributed by atoms with van der Waals surface area (Å²) in [4.78, 5) is 13.7. The highest BCUT2D eigenvalue weighted by Crippen LogP contribution is 2.27. The molecule has 0 aromatic heterocycles. The van der Waals surface area contributed by atoms with E-state index in [9.17, 15) is 15.0 Å². The van der Waals surface area contributed by atoms with Gasteiger partial charge >= 0.3 is 5.97 Å². The molecule has 3 N–H and O–H groups in total. The molecule has 2 rings (SSSR count). The summed E-state index contributed by atoms with van der Waals surface area (Å²) in [5.74, 6) is -0.584. The number of quaternary nitrogens is 1. The fourth-order valence-electron chi connectivity index (χ4n) is 3.25. The Labute approximate surface area is 125 Å². The smallest absolute Gasteiger partial charge is 0.346 e. The number of ether oxygens (including phenoxy) is 2. The zero-order valence-corrected chi connectivity index (χ0v) is 13.1. The number of methoxy groups -OCH3 is 1. The molecule has 0 spiro atoms. The second-order valence-corrected chi connectivity index (χ2v) is 6.30. The van der Waals surface area contributed by atoms with E-state index >= 15 is 0 Å². The summed E-state index contributed by atoms with van der Waals surface area (Å²) in [5.41, 5.74) is -1.71. The van der Waals surface area contributed by atoms with E-state index in [1.807, 2.05) is 6.08 Å². The summed E-state index contributed by atoms with van der Waals surface area (Å²) in [6, 6.07) is -0.191. The summed E-state index contributed by atoms with van der Waals surface area (Å²) in [7, 11) is 1.45. The molecule has 2 aliphatic heterocycles. The molecule has 5 atom stereocenters. The fourth-order valence-corrected chi connectivity index (χ4v) is 3.25. The number of hydrogen-bond donors (Lipinski definition) is 3. The first-order valence-electron chi connectivity index (χ1n) is 7.52. The summed E-state index contributed by atoms with van der Waals surface area (Å²) in [5, 5.41) is 20.7. The number of rotatable bonds is 5. The lowest BCUT2D eigenvalue weighted by Gasteiger charge is -2.34. The standard InChI is InChI=1S/C15H25NO5/c1-9(2)15(19,10(3)20-4)14(18)21-12-6-8-16-7-5-11(17)13(12)16/h6,9-11,13,17,19H,5,7-8H2,1-4H3/p+1/t10-,11+,13+,15-/m1/s1. The van der Waals surface area contributed by atoms with Crippen LogP contribution < -0.4 is 4.90 Å². The highest BCUT2D eigenvalue weighted by atomic mass is 16.6. The molecule has 1 fully saturated rings.